The van der Waals surface area contributed by atoms with Gasteiger partial charge in [0.15, 0.2) is 0 Å². The van der Waals surface area contributed by atoms with E-state index in [1.54, 1.807) is 0 Å². The average Bonchev–Trinajstić information content (AvgIpc) is 2.30. The second-order valence-electron chi connectivity index (χ2n) is 3.71. The highest BCUT2D eigenvalue weighted by Gasteiger charge is 2.42. The highest BCUT2D eigenvalue weighted by molar-refractivity contribution is 5.74. The number of carbonyl (C=O) groups excluding carboxylic acids is 1. The molecule has 2 rings (SSSR count). The van der Waals surface area contributed by atoms with Crippen molar-refractivity contribution < 1.29 is 9.53 Å². The third kappa shape index (κ3) is 1.05. The van der Waals surface area contributed by atoms with Crippen LogP contribution in [-0.4, -0.2) is 12.1 Å². The summed E-state index contributed by atoms with van der Waals surface area (Å²) in [5.41, 5.74) is 0. The van der Waals surface area contributed by atoms with E-state index in [4.69, 9.17) is 4.74 Å². The quantitative estimate of drug-likeness (QED) is 0.497. The van der Waals surface area contributed by atoms with Gasteiger partial charge in [-0.2, -0.15) is 0 Å². The molecule has 1 heterocycles. The number of fused-ring (bicyclic) bond motifs is 1. The lowest BCUT2D eigenvalue weighted by atomic mass is 9.81. The first kappa shape index (κ1) is 7.14. The van der Waals surface area contributed by atoms with Crippen LogP contribution in [0.25, 0.3) is 0 Å². The van der Waals surface area contributed by atoms with Crippen molar-refractivity contribution in [3.8, 4) is 0 Å². The van der Waals surface area contributed by atoms with Crippen LogP contribution in [0.15, 0.2) is 0 Å². The van der Waals surface area contributed by atoms with Crippen molar-refractivity contribution in [3.05, 3.63) is 0 Å². The molecule has 1 saturated heterocycles. The third-order valence-corrected chi connectivity index (χ3v) is 3.04. The maximum absolute atomic E-state index is 11.1. The molecule has 62 valence electrons. The molecule has 0 aromatic rings. The van der Waals surface area contributed by atoms with Crippen molar-refractivity contribution in [2.75, 3.05) is 0 Å². The maximum Gasteiger partial charge on any atom is 0.309 e. The van der Waals surface area contributed by atoms with Gasteiger partial charge in [0.25, 0.3) is 0 Å². The Kier molecular flexibility index (Phi) is 1.63. The molecular weight excluding hydrogens is 140 g/mol. The van der Waals surface area contributed by atoms with Crippen LogP contribution in [0.3, 0.4) is 0 Å². The van der Waals surface area contributed by atoms with Crippen molar-refractivity contribution in [1.82, 2.24) is 0 Å². The largest absolute Gasteiger partial charge is 0.462 e. The molecule has 0 aromatic carbocycles. The van der Waals surface area contributed by atoms with Crippen LogP contribution >= 0.6 is 0 Å². The summed E-state index contributed by atoms with van der Waals surface area (Å²) in [6.07, 6.45) is 5.08. The molecule has 2 nitrogen and oxygen atoms in total. The van der Waals surface area contributed by atoms with Crippen molar-refractivity contribution >= 4 is 5.97 Å². The number of ether oxygens (including phenoxy) is 1. The standard InChI is InChI=1S/C9H14O2/c1-6-7-4-2-3-5-8(7)11-9(6)10/h6-8H,2-5H2,1H3/t6-,7+,8+/m1/s1. The van der Waals surface area contributed by atoms with Gasteiger partial charge in [0.05, 0.1) is 5.92 Å². The van der Waals surface area contributed by atoms with E-state index in [-0.39, 0.29) is 18.0 Å². The summed E-state index contributed by atoms with van der Waals surface area (Å²) in [6, 6.07) is 0. The Morgan fingerprint density at radius 2 is 2.09 bits per heavy atom. The SMILES string of the molecule is C[C@H]1C(=O)O[C@H]2CCCC[C@H]21. The van der Waals surface area contributed by atoms with Crippen LogP contribution in [0.1, 0.15) is 32.6 Å². The lowest BCUT2D eigenvalue weighted by Gasteiger charge is -2.23. The van der Waals surface area contributed by atoms with Crippen LogP contribution < -0.4 is 0 Å². The van der Waals surface area contributed by atoms with E-state index in [2.05, 4.69) is 0 Å². The lowest BCUT2D eigenvalue weighted by molar-refractivity contribution is -0.144. The molecule has 1 saturated carbocycles. The van der Waals surface area contributed by atoms with Crippen LogP contribution in [0.4, 0.5) is 0 Å². The minimum absolute atomic E-state index is 0.0295. The van der Waals surface area contributed by atoms with Crippen molar-refractivity contribution in [2.45, 2.75) is 38.7 Å². The summed E-state index contributed by atoms with van der Waals surface area (Å²) in [7, 11) is 0. The Labute approximate surface area is 66.9 Å². The fourth-order valence-electron chi connectivity index (χ4n) is 2.28. The van der Waals surface area contributed by atoms with Gasteiger partial charge in [0.1, 0.15) is 6.10 Å². The Bertz CT molecular complexity index is 176. The summed E-state index contributed by atoms with van der Waals surface area (Å²) in [5.74, 6) is 0.735. The second kappa shape index (κ2) is 2.50. The molecule has 1 aliphatic carbocycles. The molecule has 2 aliphatic rings. The molecule has 2 fully saturated rings. The summed E-state index contributed by atoms with van der Waals surface area (Å²) < 4.78 is 5.24. The molecule has 2 heteroatoms. The van der Waals surface area contributed by atoms with Gasteiger partial charge in [0, 0.05) is 5.92 Å². The molecule has 0 bridgehead atoms. The zero-order valence-electron chi connectivity index (χ0n) is 6.88. The summed E-state index contributed by atoms with van der Waals surface area (Å²) in [6.45, 7) is 2.00. The second-order valence-corrected chi connectivity index (χ2v) is 3.71. The van der Waals surface area contributed by atoms with Crippen molar-refractivity contribution in [2.24, 2.45) is 11.8 Å². The Balaban J connectivity index is 2.11. The van der Waals surface area contributed by atoms with Crippen LogP contribution in [0.2, 0.25) is 0 Å². The van der Waals surface area contributed by atoms with E-state index in [0.717, 1.165) is 6.42 Å². The van der Waals surface area contributed by atoms with Crippen LogP contribution in [0, 0.1) is 11.8 Å². The molecule has 0 spiro atoms. The summed E-state index contributed by atoms with van der Waals surface area (Å²) in [4.78, 5) is 11.1. The van der Waals surface area contributed by atoms with Crippen molar-refractivity contribution in [3.63, 3.8) is 0 Å². The number of esters is 1. The number of hydrogen-bond acceptors (Lipinski definition) is 2. The fraction of sp³-hybridized carbons (Fsp3) is 0.889. The fourth-order valence-corrected chi connectivity index (χ4v) is 2.28. The maximum atomic E-state index is 11.1. The smallest absolute Gasteiger partial charge is 0.309 e. The number of rotatable bonds is 0. The highest BCUT2D eigenvalue weighted by Crippen LogP contribution is 2.38. The third-order valence-electron chi connectivity index (χ3n) is 3.04. The summed E-state index contributed by atoms with van der Waals surface area (Å²) in [5, 5.41) is 0. The van der Waals surface area contributed by atoms with E-state index < -0.39 is 0 Å². The Hall–Kier alpha value is -0.530. The zero-order chi connectivity index (χ0) is 7.84. The molecule has 1 aliphatic heterocycles. The highest BCUT2D eigenvalue weighted by atomic mass is 16.6. The van der Waals surface area contributed by atoms with Crippen LogP contribution in [-0.2, 0) is 9.53 Å². The van der Waals surface area contributed by atoms with E-state index in [1.165, 1.54) is 19.3 Å². The Morgan fingerprint density at radius 3 is 2.82 bits per heavy atom. The topological polar surface area (TPSA) is 26.3 Å². The molecule has 0 radical (unpaired) electrons. The van der Waals surface area contributed by atoms with Gasteiger partial charge >= 0.3 is 5.97 Å². The minimum atomic E-state index is 0.0295. The van der Waals surface area contributed by atoms with Gasteiger partial charge in [-0.25, -0.2) is 0 Å². The van der Waals surface area contributed by atoms with Gasteiger partial charge in [-0.1, -0.05) is 13.3 Å². The van der Waals surface area contributed by atoms with E-state index in [0.29, 0.717) is 5.92 Å². The normalized spacial score (nSPS) is 43.4. The summed E-state index contributed by atoms with van der Waals surface area (Å²) >= 11 is 0. The first-order chi connectivity index (χ1) is 5.29. The molecule has 11 heavy (non-hydrogen) atoms. The molecular formula is C9H14O2. The zero-order valence-corrected chi connectivity index (χ0v) is 6.88. The predicted molar refractivity (Wildman–Crippen MR) is 41.0 cm³/mol. The molecule has 3 atom stereocenters. The van der Waals surface area contributed by atoms with Gasteiger partial charge in [0.2, 0.25) is 0 Å². The van der Waals surface area contributed by atoms with Gasteiger partial charge in [-0.05, 0) is 19.3 Å². The first-order valence-corrected chi connectivity index (χ1v) is 4.49. The van der Waals surface area contributed by atoms with E-state index >= 15 is 0 Å². The first-order valence-electron chi connectivity index (χ1n) is 4.49. The number of hydrogen-bond donors (Lipinski definition) is 0. The lowest BCUT2D eigenvalue weighted by Crippen LogP contribution is -2.23. The van der Waals surface area contributed by atoms with Gasteiger partial charge in [-0.15, -0.1) is 0 Å². The van der Waals surface area contributed by atoms with Gasteiger partial charge in [-0.3, -0.25) is 4.79 Å². The monoisotopic (exact) mass is 154 g/mol. The Morgan fingerprint density at radius 1 is 1.36 bits per heavy atom. The molecule has 0 unspecified atom stereocenters. The molecule has 0 N–H and O–H groups in total. The molecule has 0 amide bonds. The number of carbonyl (C=O) groups is 1. The van der Waals surface area contributed by atoms with Crippen LogP contribution in [0.5, 0.6) is 0 Å². The minimum Gasteiger partial charge on any atom is -0.462 e. The predicted octanol–water partition coefficient (Wildman–Crippen LogP) is 1.74. The van der Waals surface area contributed by atoms with E-state index in [9.17, 15) is 4.79 Å². The van der Waals surface area contributed by atoms with Crippen molar-refractivity contribution in [1.29, 1.82) is 0 Å². The molecule has 0 aromatic heterocycles. The van der Waals surface area contributed by atoms with E-state index in [1.807, 2.05) is 6.92 Å². The van der Waals surface area contributed by atoms with Gasteiger partial charge < -0.3 is 4.74 Å². The average molecular weight is 154 g/mol.